The molecule has 2 N–H and O–H groups in total. The van der Waals surface area contributed by atoms with Crippen LogP contribution < -0.4 is 10.6 Å². The topological polar surface area (TPSA) is 78.5 Å². The highest BCUT2D eigenvalue weighted by molar-refractivity contribution is 7.89. The molecule has 1 aliphatic rings. The van der Waals surface area contributed by atoms with Crippen LogP contribution in [0, 0.1) is 17.5 Å². The highest BCUT2D eigenvalue weighted by Gasteiger charge is 2.35. The summed E-state index contributed by atoms with van der Waals surface area (Å²) in [4.78, 5) is 13.6. The maximum absolute atomic E-state index is 15.2. The lowest BCUT2D eigenvalue weighted by molar-refractivity contribution is -0.116. The van der Waals surface area contributed by atoms with Crippen molar-refractivity contribution in [2.24, 2.45) is 0 Å². The molecule has 0 saturated carbocycles. The molecule has 0 aliphatic carbocycles. The van der Waals surface area contributed by atoms with Crippen molar-refractivity contribution in [1.82, 2.24) is 9.62 Å². The molecule has 1 aliphatic heterocycles. The smallest absolute Gasteiger partial charge is 0.243 e. The van der Waals surface area contributed by atoms with Crippen LogP contribution in [0.4, 0.5) is 18.9 Å². The van der Waals surface area contributed by atoms with Crippen molar-refractivity contribution in [3.05, 3.63) is 131 Å². The van der Waals surface area contributed by atoms with E-state index >= 15 is 4.39 Å². The highest BCUT2D eigenvalue weighted by Crippen LogP contribution is 2.31. The lowest BCUT2D eigenvalue weighted by Crippen LogP contribution is -2.57. The van der Waals surface area contributed by atoms with Crippen LogP contribution in [0.3, 0.4) is 0 Å². The average Bonchev–Trinajstić information content (AvgIpc) is 3.01. The third kappa shape index (κ3) is 7.38. The Morgan fingerprint density at radius 3 is 2.11 bits per heavy atom. The number of amides is 1. The van der Waals surface area contributed by atoms with Gasteiger partial charge in [-0.25, -0.2) is 21.6 Å². The van der Waals surface area contributed by atoms with Crippen LogP contribution in [0.2, 0.25) is 0 Å². The molecule has 6 nitrogen and oxygen atoms in total. The van der Waals surface area contributed by atoms with E-state index in [0.29, 0.717) is 29.8 Å². The normalized spacial score (nSPS) is 17.5. The van der Waals surface area contributed by atoms with E-state index < -0.39 is 45.3 Å². The van der Waals surface area contributed by atoms with Gasteiger partial charge in [-0.2, -0.15) is 4.31 Å². The van der Waals surface area contributed by atoms with Gasteiger partial charge in [0.1, 0.15) is 17.5 Å². The van der Waals surface area contributed by atoms with Gasteiger partial charge >= 0.3 is 0 Å². The fraction of sp³-hybridized carbons (Fsp3) is 0.265. The second-order valence-electron chi connectivity index (χ2n) is 11.1. The number of piperazine rings is 1. The number of rotatable bonds is 10. The van der Waals surface area contributed by atoms with E-state index in [-0.39, 0.29) is 35.9 Å². The Labute approximate surface area is 256 Å². The van der Waals surface area contributed by atoms with Crippen LogP contribution >= 0.6 is 0 Å². The Hall–Kier alpha value is -3.99. The van der Waals surface area contributed by atoms with Crippen molar-refractivity contribution in [2.75, 3.05) is 18.4 Å². The molecular weight excluding hydrogens is 587 g/mol. The van der Waals surface area contributed by atoms with Crippen molar-refractivity contribution in [1.29, 1.82) is 0 Å². The molecule has 4 aromatic carbocycles. The highest BCUT2D eigenvalue weighted by atomic mass is 32.2. The number of benzene rings is 4. The number of halogens is 3. The average molecular weight is 622 g/mol. The predicted molar refractivity (Wildman–Crippen MR) is 164 cm³/mol. The molecule has 1 fully saturated rings. The predicted octanol–water partition coefficient (Wildman–Crippen LogP) is 6.25. The third-order valence-electron chi connectivity index (χ3n) is 7.97. The molecule has 0 radical (unpaired) electrons. The monoisotopic (exact) mass is 621 g/mol. The minimum Gasteiger partial charge on any atom is -0.326 e. The van der Waals surface area contributed by atoms with Crippen molar-refractivity contribution in [3.8, 4) is 0 Å². The van der Waals surface area contributed by atoms with E-state index in [9.17, 15) is 22.0 Å². The molecule has 1 heterocycles. The van der Waals surface area contributed by atoms with Gasteiger partial charge in [-0.1, -0.05) is 48.5 Å². The molecule has 1 amide bonds. The Balaban J connectivity index is 1.34. The lowest BCUT2D eigenvalue weighted by Gasteiger charge is -2.38. The minimum atomic E-state index is -3.78. The van der Waals surface area contributed by atoms with E-state index in [4.69, 9.17) is 0 Å². The Bertz CT molecular complexity index is 1640. The Morgan fingerprint density at radius 1 is 0.886 bits per heavy atom. The standard InChI is InChI=1S/C34H34F3N3O3S/c1-23-22-40(44(42,43)29-6-3-2-4-7-29)28(21-38-23)18-19-30-32(37)8-5-9-33(30)39-34(41)20-31(24-10-14-26(35)15-11-24)25-12-16-27(36)17-13-25/h2-17,23,28,31,38H,18-22H2,1H3,(H,39,41)/t23-,28-/m0/s1. The van der Waals surface area contributed by atoms with Crippen LogP contribution in [0.1, 0.15) is 42.4 Å². The fourth-order valence-corrected chi connectivity index (χ4v) is 7.40. The number of carbonyl (C=O) groups excluding carboxylic acids is 1. The molecular formula is C34H34F3N3O3S. The first-order valence-corrected chi connectivity index (χ1v) is 15.9. The molecule has 2 atom stereocenters. The van der Waals surface area contributed by atoms with Gasteiger partial charge in [0, 0.05) is 48.8 Å². The first-order valence-electron chi connectivity index (χ1n) is 14.5. The van der Waals surface area contributed by atoms with Gasteiger partial charge in [-0.05, 0) is 79.4 Å². The summed E-state index contributed by atoms with van der Waals surface area (Å²) < 4.78 is 71.0. The number of nitrogens with zero attached hydrogens (tertiary/aromatic N) is 1. The summed E-state index contributed by atoms with van der Waals surface area (Å²) in [5.74, 6) is -2.25. The van der Waals surface area contributed by atoms with Crippen molar-refractivity contribution in [2.45, 2.75) is 49.1 Å². The maximum atomic E-state index is 15.2. The fourth-order valence-electron chi connectivity index (χ4n) is 5.64. The van der Waals surface area contributed by atoms with E-state index in [1.165, 1.54) is 40.7 Å². The van der Waals surface area contributed by atoms with Gasteiger partial charge < -0.3 is 10.6 Å². The van der Waals surface area contributed by atoms with E-state index in [2.05, 4.69) is 10.6 Å². The minimum absolute atomic E-state index is 0.0526. The van der Waals surface area contributed by atoms with Crippen molar-refractivity contribution < 1.29 is 26.4 Å². The zero-order valence-electron chi connectivity index (χ0n) is 24.2. The van der Waals surface area contributed by atoms with Crippen LogP contribution in [0.25, 0.3) is 0 Å². The summed E-state index contributed by atoms with van der Waals surface area (Å²) in [6.45, 7) is 2.59. The summed E-state index contributed by atoms with van der Waals surface area (Å²) in [5, 5.41) is 6.16. The molecule has 0 spiro atoms. The molecule has 1 saturated heterocycles. The molecule has 4 aromatic rings. The SMILES string of the molecule is C[C@H]1CN(S(=O)(=O)c2ccccc2)[C@@H](CCc2c(F)cccc2NC(=O)CC(c2ccc(F)cc2)c2ccc(F)cc2)CN1. The number of hydrogen-bond donors (Lipinski definition) is 2. The van der Waals surface area contributed by atoms with Crippen LogP contribution in [0.15, 0.2) is 102 Å². The maximum Gasteiger partial charge on any atom is 0.243 e. The zero-order chi connectivity index (χ0) is 31.3. The molecule has 0 aromatic heterocycles. The van der Waals surface area contributed by atoms with Gasteiger partial charge in [-0.3, -0.25) is 4.79 Å². The summed E-state index contributed by atoms with van der Waals surface area (Å²) >= 11 is 0. The van der Waals surface area contributed by atoms with E-state index in [1.807, 2.05) is 6.92 Å². The van der Waals surface area contributed by atoms with Gasteiger partial charge in [0.05, 0.1) is 4.90 Å². The number of sulfonamides is 1. The zero-order valence-corrected chi connectivity index (χ0v) is 25.0. The first kappa shape index (κ1) is 31.4. The molecule has 44 heavy (non-hydrogen) atoms. The molecule has 230 valence electrons. The number of carbonyl (C=O) groups is 1. The second kappa shape index (κ2) is 13.8. The summed E-state index contributed by atoms with van der Waals surface area (Å²) in [7, 11) is -3.78. The number of nitrogens with one attached hydrogen (secondary N) is 2. The lowest BCUT2D eigenvalue weighted by atomic mass is 9.88. The van der Waals surface area contributed by atoms with Gasteiger partial charge in [0.15, 0.2) is 0 Å². The van der Waals surface area contributed by atoms with Gasteiger partial charge in [-0.15, -0.1) is 0 Å². The Kier molecular flexibility index (Phi) is 9.83. The molecule has 0 unspecified atom stereocenters. The quantitative estimate of drug-likeness (QED) is 0.220. The van der Waals surface area contributed by atoms with Crippen LogP contribution in [-0.4, -0.2) is 43.8 Å². The summed E-state index contributed by atoms with van der Waals surface area (Å²) in [6, 6.07) is 23.7. The molecule has 5 rings (SSSR count). The Morgan fingerprint density at radius 2 is 1.50 bits per heavy atom. The van der Waals surface area contributed by atoms with Crippen molar-refractivity contribution >= 4 is 21.6 Å². The van der Waals surface area contributed by atoms with Crippen LogP contribution in [0.5, 0.6) is 0 Å². The second-order valence-corrected chi connectivity index (χ2v) is 13.0. The van der Waals surface area contributed by atoms with E-state index in [0.717, 1.165) is 0 Å². The van der Waals surface area contributed by atoms with E-state index in [1.54, 1.807) is 60.7 Å². The van der Waals surface area contributed by atoms with Gasteiger partial charge in [0.25, 0.3) is 0 Å². The summed E-state index contributed by atoms with van der Waals surface area (Å²) in [5.41, 5.74) is 1.91. The largest absolute Gasteiger partial charge is 0.326 e. The number of hydrogen-bond acceptors (Lipinski definition) is 4. The van der Waals surface area contributed by atoms with Crippen molar-refractivity contribution in [3.63, 3.8) is 0 Å². The molecule has 0 bridgehead atoms. The third-order valence-corrected chi connectivity index (χ3v) is 9.90. The van der Waals surface area contributed by atoms with Gasteiger partial charge in [0.2, 0.25) is 15.9 Å². The van der Waals surface area contributed by atoms with Crippen LogP contribution in [-0.2, 0) is 21.2 Å². The first-order chi connectivity index (χ1) is 21.1. The molecule has 10 heteroatoms. The summed E-state index contributed by atoms with van der Waals surface area (Å²) in [6.07, 6.45) is 0.452. The number of anilines is 1.